The number of hydrogen-bond acceptors (Lipinski definition) is 3. The largest absolute Gasteiger partial charge is 0.444 e. The predicted octanol–water partition coefficient (Wildman–Crippen LogP) is 2.45. The quantitative estimate of drug-likeness (QED) is 0.797. The van der Waals surface area contributed by atoms with Crippen LogP contribution in [0.1, 0.15) is 52.9 Å². The van der Waals surface area contributed by atoms with E-state index in [1.807, 2.05) is 20.8 Å². The van der Waals surface area contributed by atoms with Gasteiger partial charge in [0.1, 0.15) is 5.60 Å². The molecule has 0 aliphatic heterocycles. The van der Waals surface area contributed by atoms with Crippen LogP contribution in [0.15, 0.2) is 0 Å². The van der Waals surface area contributed by atoms with E-state index in [2.05, 4.69) is 5.32 Å². The van der Waals surface area contributed by atoms with Gasteiger partial charge in [0, 0.05) is 6.54 Å². The van der Waals surface area contributed by atoms with Gasteiger partial charge in [-0.2, -0.15) is 0 Å². The van der Waals surface area contributed by atoms with Crippen LogP contribution in [-0.4, -0.2) is 28.9 Å². The Bertz CT molecular complexity index is 315. The molecule has 3 aliphatic carbocycles. The fourth-order valence-electron chi connectivity index (χ4n) is 3.33. The van der Waals surface area contributed by atoms with Crippen LogP contribution in [0.2, 0.25) is 0 Å². The molecule has 4 nitrogen and oxygen atoms in total. The topological polar surface area (TPSA) is 58.6 Å². The summed E-state index contributed by atoms with van der Waals surface area (Å²) in [5, 5.41) is 13.4. The molecule has 3 fully saturated rings. The third-order valence-corrected chi connectivity index (χ3v) is 4.19. The van der Waals surface area contributed by atoms with Gasteiger partial charge in [-0.15, -0.1) is 0 Å². The van der Waals surface area contributed by atoms with Crippen LogP contribution in [-0.2, 0) is 4.74 Å². The van der Waals surface area contributed by atoms with Crippen LogP contribution in [0.5, 0.6) is 0 Å². The van der Waals surface area contributed by atoms with Crippen molar-refractivity contribution < 1.29 is 14.6 Å². The summed E-state index contributed by atoms with van der Waals surface area (Å²) in [6.07, 6.45) is 5.05. The lowest BCUT2D eigenvalue weighted by Crippen LogP contribution is -2.54. The summed E-state index contributed by atoms with van der Waals surface area (Å²) in [6, 6.07) is 0. The summed E-state index contributed by atoms with van der Waals surface area (Å²) in [4.78, 5) is 11.6. The van der Waals surface area contributed by atoms with Crippen LogP contribution in [0.25, 0.3) is 0 Å². The van der Waals surface area contributed by atoms with E-state index in [0.29, 0.717) is 18.4 Å². The summed E-state index contributed by atoms with van der Waals surface area (Å²) < 4.78 is 5.19. The van der Waals surface area contributed by atoms with Crippen LogP contribution in [0.3, 0.4) is 0 Å². The molecule has 2 bridgehead atoms. The number of nitrogens with one attached hydrogen (secondary N) is 1. The van der Waals surface area contributed by atoms with Gasteiger partial charge in [0.15, 0.2) is 0 Å². The van der Waals surface area contributed by atoms with Crippen LogP contribution in [0, 0.1) is 11.8 Å². The van der Waals surface area contributed by atoms with E-state index in [1.165, 1.54) is 12.8 Å². The smallest absolute Gasteiger partial charge is 0.407 e. The Morgan fingerprint density at radius 1 is 1.33 bits per heavy atom. The van der Waals surface area contributed by atoms with Gasteiger partial charge in [-0.1, -0.05) is 0 Å². The number of amides is 1. The Morgan fingerprint density at radius 3 is 2.39 bits per heavy atom. The van der Waals surface area contributed by atoms with Crippen molar-refractivity contribution in [2.45, 2.75) is 64.1 Å². The minimum Gasteiger partial charge on any atom is -0.444 e. The minimum atomic E-state index is -0.710. The number of carbonyl (C=O) groups excluding carboxylic acids is 1. The number of aliphatic hydroxyl groups is 1. The van der Waals surface area contributed by atoms with E-state index < -0.39 is 17.3 Å². The summed E-state index contributed by atoms with van der Waals surface area (Å²) >= 11 is 0. The van der Waals surface area contributed by atoms with E-state index >= 15 is 0 Å². The van der Waals surface area contributed by atoms with Gasteiger partial charge >= 0.3 is 6.09 Å². The molecule has 1 atom stereocenters. The minimum absolute atomic E-state index is 0.322. The molecule has 1 amide bonds. The molecule has 0 aromatic heterocycles. The van der Waals surface area contributed by atoms with Crippen molar-refractivity contribution in [3.63, 3.8) is 0 Å². The number of alkyl carbamates (subject to hydrolysis) is 1. The van der Waals surface area contributed by atoms with Crippen LogP contribution < -0.4 is 5.32 Å². The zero-order valence-corrected chi connectivity index (χ0v) is 11.7. The normalized spacial score (nSPS) is 35.3. The lowest BCUT2D eigenvalue weighted by Gasteiger charge is -2.48. The van der Waals surface area contributed by atoms with Crippen molar-refractivity contribution in [2.75, 3.05) is 6.54 Å². The van der Waals surface area contributed by atoms with Crippen molar-refractivity contribution in [1.29, 1.82) is 0 Å². The second-order valence-electron chi connectivity index (χ2n) is 6.88. The molecule has 2 N–H and O–H groups in total. The first-order chi connectivity index (χ1) is 8.28. The Balaban J connectivity index is 1.84. The fraction of sp³-hybridized carbons (Fsp3) is 0.929. The highest BCUT2D eigenvalue weighted by Crippen LogP contribution is 2.47. The molecular formula is C14H25NO3. The van der Waals surface area contributed by atoms with Crippen molar-refractivity contribution in [3.8, 4) is 0 Å². The standard InChI is InChI=1S/C14H25NO3/c1-13(2,3)18-12(16)15-9-14(17)8-10-4-6-11(14)7-5-10/h10-11,17H,4-9H2,1-3H3,(H,15,16). The zero-order chi connectivity index (χ0) is 13.4. The molecule has 104 valence electrons. The predicted molar refractivity (Wildman–Crippen MR) is 69.3 cm³/mol. The van der Waals surface area contributed by atoms with Crippen LogP contribution >= 0.6 is 0 Å². The molecule has 0 radical (unpaired) electrons. The van der Waals surface area contributed by atoms with E-state index in [9.17, 15) is 9.90 Å². The van der Waals surface area contributed by atoms with Gasteiger partial charge in [-0.05, 0) is 64.7 Å². The van der Waals surface area contributed by atoms with E-state index in [1.54, 1.807) is 0 Å². The first-order valence-corrected chi connectivity index (χ1v) is 6.98. The lowest BCUT2D eigenvalue weighted by atomic mass is 9.62. The molecule has 3 rings (SSSR count). The highest BCUT2D eigenvalue weighted by molar-refractivity contribution is 5.67. The number of carbonyl (C=O) groups is 1. The van der Waals surface area contributed by atoms with Gasteiger partial charge in [0.05, 0.1) is 5.60 Å². The summed E-state index contributed by atoms with van der Waals surface area (Å²) in [7, 11) is 0. The van der Waals surface area contributed by atoms with Crippen molar-refractivity contribution in [2.24, 2.45) is 11.8 Å². The number of ether oxygens (including phenoxy) is 1. The zero-order valence-electron chi connectivity index (χ0n) is 11.7. The van der Waals surface area contributed by atoms with Gasteiger partial charge in [0.2, 0.25) is 0 Å². The first kappa shape index (κ1) is 13.7. The second kappa shape index (κ2) is 4.72. The fourth-order valence-corrected chi connectivity index (χ4v) is 3.33. The highest BCUT2D eigenvalue weighted by Gasteiger charge is 2.46. The van der Waals surface area contributed by atoms with E-state index in [4.69, 9.17) is 4.74 Å². The Hall–Kier alpha value is -0.770. The SMILES string of the molecule is CC(C)(C)OC(=O)NCC1(O)CC2CCC1CC2. The number of fused-ring (bicyclic) bond motifs is 3. The monoisotopic (exact) mass is 255 g/mol. The molecule has 0 aromatic carbocycles. The maximum absolute atomic E-state index is 11.6. The average molecular weight is 255 g/mol. The van der Waals surface area contributed by atoms with E-state index in [-0.39, 0.29) is 0 Å². The molecule has 0 heterocycles. The molecule has 0 spiro atoms. The van der Waals surface area contributed by atoms with Gasteiger partial charge in [-0.25, -0.2) is 4.79 Å². The second-order valence-corrected chi connectivity index (χ2v) is 6.88. The Kier molecular flexibility index (Phi) is 3.58. The molecule has 4 heteroatoms. The summed E-state index contributed by atoms with van der Waals surface area (Å²) in [5.74, 6) is 0.984. The average Bonchev–Trinajstić information content (AvgIpc) is 2.26. The Labute approximate surface area is 109 Å². The lowest BCUT2D eigenvalue weighted by molar-refractivity contribution is -0.0948. The van der Waals surface area contributed by atoms with Gasteiger partial charge in [-0.3, -0.25) is 0 Å². The van der Waals surface area contributed by atoms with Crippen molar-refractivity contribution in [1.82, 2.24) is 5.32 Å². The van der Waals surface area contributed by atoms with Crippen molar-refractivity contribution in [3.05, 3.63) is 0 Å². The van der Waals surface area contributed by atoms with Crippen molar-refractivity contribution >= 4 is 6.09 Å². The maximum atomic E-state index is 11.6. The molecule has 18 heavy (non-hydrogen) atoms. The highest BCUT2D eigenvalue weighted by atomic mass is 16.6. The van der Waals surface area contributed by atoms with E-state index in [0.717, 1.165) is 19.3 Å². The third kappa shape index (κ3) is 3.16. The molecule has 0 aromatic rings. The van der Waals surface area contributed by atoms with Gasteiger partial charge in [0.25, 0.3) is 0 Å². The first-order valence-electron chi connectivity index (χ1n) is 6.98. The maximum Gasteiger partial charge on any atom is 0.407 e. The molecule has 3 aliphatic rings. The molecule has 0 saturated heterocycles. The summed E-state index contributed by atoms with van der Waals surface area (Å²) in [5.41, 5.74) is -1.20. The molecular weight excluding hydrogens is 230 g/mol. The number of hydrogen-bond donors (Lipinski definition) is 2. The van der Waals surface area contributed by atoms with Crippen LogP contribution in [0.4, 0.5) is 4.79 Å². The molecule has 1 unspecified atom stereocenters. The van der Waals surface area contributed by atoms with Gasteiger partial charge < -0.3 is 15.2 Å². The molecule has 3 saturated carbocycles. The summed E-state index contributed by atoms with van der Waals surface area (Å²) in [6.45, 7) is 5.83. The number of rotatable bonds is 2. The third-order valence-electron chi connectivity index (χ3n) is 4.19. The Morgan fingerprint density at radius 2 is 1.94 bits per heavy atom.